The van der Waals surface area contributed by atoms with Gasteiger partial charge in [-0.1, -0.05) is 64.2 Å². The lowest BCUT2D eigenvalue weighted by Gasteiger charge is -2.22. The van der Waals surface area contributed by atoms with Gasteiger partial charge in [0.2, 0.25) is 0 Å². The van der Waals surface area contributed by atoms with Crippen LogP contribution in [0, 0.1) is 0 Å². The Kier molecular flexibility index (Phi) is 7.99. The molecule has 0 spiro atoms. The van der Waals surface area contributed by atoms with Crippen molar-refractivity contribution in [3.05, 3.63) is 11.1 Å². The van der Waals surface area contributed by atoms with Gasteiger partial charge in [-0.2, -0.15) is 0 Å². The lowest BCUT2D eigenvalue weighted by Crippen LogP contribution is -2.38. The van der Waals surface area contributed by atoms with Crippen LogP contribution in [0.3, 0.4) is 0 Å². The highest BCUT2D eigenvalue weighted by Gasteiger charge is 2.17. The van der Waals surface area contributed by atoms with E-state index in [-0.39, 0.29) is 0 Å². The number of thiocarbonyl (C=S) groups is 1. The third kappa shape index (κ3) is 6.52. The van der Waals surface area contributed by atoms with Gasteiger partial charge in [-0.25, -0.2) is 4.98 Å². The lowest BCUT2D eigenvalue weighted by molar-refractivity contribution is 0.430. The molecule has 0 aromatic carbocycles. The Labute approximate surface area is 162 Å². The van der Waals surface area contributed by atoms with Crippen LogP contribution in [0.2, 0.25) is 0 Å². The summed E-state index contributed by atoms with van der Waals surface area (Å²) in [7, 11) is 0. The molecule has 3 nitrogen and oxygen atoms in total. The molecule has 140 valence electrons. The number of rotatable bonds is 3. The van der Waals surface area contributed by atoms with Crippen LogP contribution in [0.15, 0.2) is 6.20 Å². The molecule has 2 aliphatic carbocycles. The Morgan fingerprint density at radius 1 is 0.880 bits per heavy atom. The minimum Gasteiger partial charge on any atom is -0.360 e. The molecule has 1 aromatic heterocycles. The first-order chi connectivity index (χ1) is 12.3. The van der Waals surface area contributed by atoms with Crippen LogP contribution in [0.25, 0.3) is 0 Å². The molecule has 5 heteroatoms. The maximum Gasteiger partial charge on any atom is 0.189 e. The van der Waals surface area contributed by atoms with Gasteiger partial charge < -0.3 is 10.6 Å². The number of nitrogens with one attached hydrogen (secondary N) is 2. The summed E-state index contributed by atoms with van der Waals surface area (Å²) < 4.78 is 0. The quantitative estimate of drug-likeness (QED) is 0.598. The van der Waals surface area contributed by atoms with Crippen LogP contribution in [-0.2, 0) is 0 Å². The highest BCUT2D eigenvalue weighted by molar-refractivity contribution is 7.80. The van der Waals surface area contributed by atoms with Crippen molar-refractivity contribution in [1.29, 1.82) is 0 Å². The van der Waals surface area contributed by atoms with Gasteiger partial charge in [0, 0.05) is 17.1 Å². The van der Waals surface area contributed by atoms with E-state index in [1.54, 1.807) is 11.3 Å². The van der Waals surface area contributed by atoms with E-state index in [0.29, 0.717) is 12.0 Å². The number of aromatic nitrogens is 1. The van der Waals surface area contributed by atoms with E-state index >= 15 is 0 Å². The van der Waals surface area contributed by atoms with E-state index < -0.39 is 0 Å². The van der Waals surface area contributed by atoms with Gasteiger partial charge >= 0.3 is 0 Å². The smallest absolute Gasteiger partial charge is 0.189 e. The first-order valence-electron chi connectivity index (χ1n) is 10.3. The molecule has 0 bridgehead atoms. The van der Waals surface area contributed by atoms with E-state index in [1.807, 2.05) is 0 Å². The molecule has 2 fully saturated rings. The third-order valence-corrected chi connectivity index (χ3v) is 6.99. The average molecular weight is 380 g/mol. The number of thiazole rings is 1. The molecule has 2 N–H and O–H groups in total. The lowest BCUT2D eigenvalue weighted by atomic mass is 9.90. The summed E-state index contributed by atoms with van der Waals surface area (Å²) in [5.74, 6) is 0.709. The first-order valence-corrected chi connectivity index (χ1v) is 11.6. The number of hydrogen-bond acceptors (Lipinski definition) is 3. The highest BCUT2D eigenvalue weighted by atomic mass is 32.1. The van der Waals surface area contributed by atoms with Gasteiger partial charge in [-0.05, 0) is 43.8 Å². The summed E-state index contributed by atoms with van der Waals surface area (Å²) in [4.78, 5) is 6.03. The van der Waals surface area contributed by atoms with Gasteiger partial charge in [0.05, 0.1) is 0 Å². The largest absolute Gasteiger partial charge is 0.360 e. The first kappa shape index (κ1) is 19.1. The van der Waals surface area contributed by atoms with E-state index in [0.717, 1.165) is 10.2 Å². The summed E-state index contributed by atoms with van der Waals surface area (Å²) in [6.45, 7) is 0. The fourth-order valence-electron chi connectivity index (χ4n) is 4.19. The Bertz CT molecular complexity index is 513. The molecule has 0 saturated heterocycles. The van der Waals surface area contributed by atoms with Gasteiger partial charge in [-0.3, -0.25) is 0 Å². The molecule has 25 heavy (non-hydrogen) atoms. The molecule has 0 atom stereocenters. The van der Waals surface area contributed by atoms with Crippen molar-refractivity contribution in [1.82, 2.24) is 10.3 Å². The second-order valence-electron chi connectivity index (χ2n) is 7.75. The molecule has 3 rings (SSSR count). The Hall–Kier alpha value is -0.680. The summed E-state index contributed by atoms with van der Waals surface area (Å²) in [5, 5.41) is 8.58. The van der Waals surface area contributed by atoms with Crippen molar-refractivity contribution in [2.24, 2.45) is 0 Å². The van der Waals surface area contributed by atoms with Crippen molar-refractivity contribution in [2.75, 3.05) is 5.32 Å². The second-order valence-corrected chi connectivity index (χ2v) is 9.22. The summed E-state index contributed by atoms with van der Waals surface area (Å²) in [6.07, 6.45) is 21.0. The molecule has 1 heterocycles. The molecule has 0 radical (unpaired) electrons. The van der Waals surface area contributed by atoms with Crippen LogP contribution in [0.1, 0.15) is 101 Å². The molecular formula is C20H33N3S2. The zero-order chi connectivity index (χ0) is 17.3. The predicted molar refractivity (Wildman–Crippen MR) is 113 cm³/mol. The van der Waals surface area contributed by atoms with Crippen LogP contribution in [-0.4, -0.2) is 16.1 Å². The molecule has 1 aromatic rings. The minimum atomic E-state index is 0.533. The standard InChI is InChI=1S/C20H33N3S2/c24-19(22-17-13-9-5-2-6-10-14-17)23-20-21-15-18(25-20)16-11-7-3-1-4-8-12-16/h15-17H,1-14H2,(H2,21,22,23,24). The Morgan fingerprint density at radius 3 is 2.08 bits per heavy atom. The molecule has 0 aliphatic heterocycles. The van der Waals surface area contributed by atoms with E-state index in [1.165, 1.54) is 94.8 Å². The molecule has 0 unspecified atom stereocenters. The number of nitrogens with zero attached hydrogens (tertiary/aromatic N) is 1. The van der Waals surface area contributed by atoms with Crippen LogP contribution in [0.4, 0.5) is 5.13 Å². The number of anilines is 1. The Morgan fingerprint density at radius 2 is 1.44 bits per heavy atom. The van der Waals surface area contributed by atoms with Crippen molar-refractivity contribution in [2.45, 2.75) is 102 Å². The van der Waals surface area contributed by atoms with E-state index in [4.69, 9.17) is 12.2 Å². The van der Waals surface area contributed by atoms with Crippen molar-refractivity contribution >= 4 is 33.8 Å². The average Bonchev–Trinajstić information content (AvgIpc) is 2.97. The van der Waals surface area contributed by atoms with Crippen LogP contribution in [0.5, 0.6) is 0 Å². The van der Waals surface area contributed by atoms with Crippen LogP contribution < -0.4 is 10.6 Å². The summed E-state index contributed by atoms with van der Waals surface area (Å²) in [5.41, 5.74) is 0. The molecule has 2 saturated carbocycles. The molecule has 2 aliphatic rings. The van der Waals surface area contributed by atoms with Crippen LogP contribution >= 0.6 is 23.6 Å². The van der Waals surface area contributed by atoms with Crippen molar-refractivity contribution in [3.63, 3.8) is 0 Å². The molecule has 0 amide bonds. The minimum absolute atomic E-state index is 0.533. The van der Waals surface area contributed by atoms with Gasteiger partial charge in [0.15, 0.2) is 10.2 Å². The van der Waals surface area contributed by atoms with Gasteiger partial charge in [0.25, 0.3) is 0 Å². The topological polar surface area (TPSA) is 37.0 Å². The second kappa shape index (κ2) is 10.5. The number of hydrogen-bond donors (Lipinski definition) is 2. The Balaban J connectivity index is 1.48. The highest BCUT2D eigenvalue weighted by Crippen LogP contribution is 2.35. The fraction of sp³-hybridized carbons (Fsp3) is 0.800. The predicted octanol–water partition coefficient (Wildman–Crippen LogP) is 6.37. The SMILES string of the molecule is S=C(Nc1ncc(C2CCCCCCC2)s1)NC1CCCCCCC1. The summed E-state index contributed by atoms with van der Waals surface area (Å²) in [6, 6.07) is 0.533. The monoisotopic (exact) mass is 379 g/mol. The van der Waals surface area contributed by atoms with Gasteiger partial charge in [-0.15, -0.1) is 11.3 Å². The zero-order valence-electron chi connectivity index (χ0n) is 15.4. The fourth-order valence-corrected chi connectivity index (χ4v) is 5.51. The maximum atomic E-state index is 5.54. The zero-order valence-corrected chi connectivity index (χ0v) is 17.0. The van der Waals surface area contributed by atoms with E-state index in [9.17, 15) is 0 Å². The maximum absolute atomic E-state index is 5.54. The van der Waals surface area contributed by atoms with Crippen molar-refractivity contribution < 1.29 is 0 Å². The third-order valence-electron chi connectivity index (χ3n) is 5.69. The normalized spacial score (nSPS) is 21.6. The van der Waals surface area contributed by atoms with Crippen molar-refractivity contribution in [3.8, 4) is 0 Å². The van der Waals surface area contributed by atoms with E-state index in [2.05, 4.69) is 21.8 Å². The van der Waals surface area contributed by atoms with Gasteiger partial charge in [0.1, 0.15) is 0 Å². The molecular weight excluding hydrogens is 346 g/mol. The summed E-state index contributed by atoms with van der Waals surface area (Å²) >= 11 is 7.35.